The summed E-state index contributed by atoms with van der Waals surface area (Å²) in [7, 11) is -1.99. The average Bonchev–Trinajstić information content (AvgIpc) is 2.16. The van der Waals surface area contributed by atoms with Gasteiger partial charge in [-0.15, -0.1) is 0 Å². The summed E-state index contributed by atoms with van der Waals surface area (Å²) in [6.45, 7) is 0.118. The molecule has 1 aromatic heterocycles. The number of nitrogens with zero attached hydrogens (tertiary/aromatic N) is 4. The van der Waals surface area contributed by atoms with Crippen LogP contribution in [0.3, 0.4) is 0 Å². The highest BCUT2D eigenvalue weighted by molar-refractivity contribution is 7.92. The Kier molecular flexibility index (Phi) is 3.30. The van der Waals surface area contributed by atoms with Gasteiger partial charge in [0, 0.05) is 13.2 Å². The van der Waals surface area contributed by atoms with Gasteiger partial charge >= 0.3 is 0 Å². The molecule has 0 aliphatic carbocycles. The fraction of sp³-hybridized carbons (Fsp3) is 0.429. The van der Waals surface area contributed by atoms with Crippen molar-refractivity contribution >= 4 is 16.0 Å². The van der Waals surface area contributed by atoms with Crippen LogP contribution in [0.2, 0.25) is 0 Å². The third kappa shape index (κ3) is 2.94. The summed E-state index contributed by atoms with van der Waals surface area (Å²) < 4.78 is 23.3. The van der Waals surface area contributed by atoms with Crippen molar-refractivity contribution < 1.29 is 8.42 Å². The molecule has 0 aromatic carbocycles. The van der Waals surface area contributed by atoms with E-state index in [-0.39, 0.29) is 12.5 Å². The molecule has 0 unspecified atom stereocenters. The fourth-order valence-electron chi connectivity index (χ4n) is 0.854. The van der Waals surface area contributed by atoms with Gasteiger partial charge in [0.05, 0.1) is 11.9 Å². The van der Waals surface area contributed by atoms with Gasteiger partial charge in [-0.1, -0.05) is 0 Å². The van der Waals surface area contributed by atoms with Gasteiger partial charge in [0.15, 0.2) is 0 Å². The molecule has 1 N–H and O–H groups in total. The first-order valence-electron chi connectivity index (χ1n) is 4.04. The predicted molar refractivity (Wildman–Crippen MR) is 54.1 cm³/mol. The first-order valence-corrected chi connectivity index (χ1v) is 5.89. The summed E-state index contributed by atoms with van der Waals surface area (Å²) in [5, 5.41) is 3.16. The zero-order valence-corrected chi connectivity index (χ0v) is 9.19. The van der Waals surface area contributed by atoms with Gasteiger partial charge in [-0.05, 0) is 6.07 Å². The molecule has 1 aromatic rings. The van der Waals surface area contributed by atoms with Gasteiger partial charge in [-0.25, -0.2) is 28.2 Å². The highest BCUT2D eigenvalue weighted by Crippen LogP contribution is 2.09. The van der Waals surface area contributed by atoms with Crippen molar-refractivity contribution in [3.8, 4) is 0 Å². The molecule has 8 heteroatoms. The number of hydrogen-bond donors (Lipinski definition) is 1. The van der Waals surface area contributed by atoms with E-state index in [0.29, 0.717) is 5.69 Å². The van der Waals surface area contributed by atoms with Gasteiger partial charge in [-0.3, -0.25) is 0 Å². The summed E-state index contributed by atoms with van der Waals surface area (Å²) in [6.07, 6.45) is 2.50. The highest BCUT2D eigenvalue weighted by Gasteiger charge is 2.14. The van der Waals surface area contributed by atoms with E-state index < -0.39 is 10.0 Å². The number of nitrogens with one attached hydrogen (secondary N) is 1. The van der Waals surface area contributed by atoms with Crippen LogP contribution in [-0.4, -0.2) is 31.7 Å². The molecule has 15 heavy (non-hydrogen) atoms. The minimum atomic E-state index is -3.36. The molecule has 0 aliphatic heterocycles. The number of anilines is 1. The molecule has 0 spiro atoms. The molecule has 1 rings (SSSR count). The van der Waals surface area contributed by atoms with Crippen molar-refractivity contribution in [3.05, 3.63) is 18.0 Å². The monoisotopic (exact) mass is 229 g/mol. The second kappa shape index (κ2) is 4.30. The summed E-state index contributed by atoms with van der Waals surface area (Å²) in [6, 6.07) is 1.58. The second-order valence-electron chi connectivity index (χ2n) is 2.89. The fourth-order valence-corrected chi connectivity index (χ4v) is 1.24. The maximum Gasteiger partial charge on any atom is 0.239 e. The van der Waals surface area contributed by atoms with Crippen LogP contribution in [0, 0.1) is 5.53 Å². The summed E-state index contributed by atoms with van der Waals surface area (Å²) in [4.78, 5) is 7.77. The molecular weight excluding hydrogens is 218 g/mol. The Balaban J connectivity index is 3.05. The number of aromatic nitrogens is 2. The molecule has 0 aliphatic rings. The van der Waals surface area contributed by atoms with Crippen LogP contribution in [-0.2, 0) is 16.6 Å². The lowest BCUT2D eigenvalue weighted by Crippen LogP contribution is -2.26. The third-order valence-electron chi connectivity index (χ3n) is 1.72. The Hall–Kier alpha value is -1.57. The van der Waals surface area contributed by atoms with E-state index >= 15 is 0 Å². The largest absolute Gasteiger partial charge is 0.241 e. The quantitative estimate of drug-likeness (QED) is 0.755. The lowest BCUT2D eigenvalue weighted by atomic mass is 10.4. The topological polar surface area (TPSA) is 99.4 Å². The van der Waals surface area contributed by atoms with Crippen LogP contribution in [0.4, 0.5) is 5.95 Å². The molecule has 0 saturated heterocycles. The molecule has 1 heterocycles. The van der Waals surface area contributed by atoms with Crippen molar-refractivity contribution in [2.45, 2.75) is 6.54 Å². The van der Waals surface area contributed by atoms with Crippen molar-refractivity contribution in [2.75, 3.05) is 17.6 Å². The van der Waals surface area contributed by atoms with Crippen molar-refractivity contribution in [1.29, 1.82) is 5.53 Å². The van der Waals surface area contributed by atoms with Crippen LogP contribution in [0.5, 0.6) is 0 Å². The summed E-state index contributed by atoms with van der Waals surface area (Å²) in [5.74, 6) is 0.0821. The molecule has 0 amide bonds. The van der Waals surface area contributed by atoms with Crippen molar-refractivity contribution in [2.24, 2.45) is 5.11 Å². The minimum Gasteiger partial charge on any atom is -0.241 e. The zero-order valence-electron chi connectivity index (χ0n) is 8.38. The van der Waals surface area contributed by atoms with Gasteiger partial charge in [0.25, 0.3) is 0 Å². The van der Waals surface area contributed by atoms with Crippen LogP contribution < -0.4 is 4.31 Å². The Morgan fingerprint density at radius 3 is 2.80 bits per heavy atom. The van der Waals surface area contributed by atoms with Crippen molar-refractivity contribution in [1.82, 2.24) is 9.97 Å². The smallest absolute Gasteiger partial charge is 0.239 e. The first kappa shape index (κ1) is 11.5. The second-order valence-corrected chi connectivity index (χ2v) is 4.91. The summed E-state index contributed by atoms with van der Waals surface area (Å²) >= 11 is 0. The van der Waals surface area contributed by atoms with Gasteiger partial charge in [0.1, 0.15) is 6.54 Å². The van der Waals surface area contributed by atoms with E-state index in [1.807, 2.05) is 0 Å². The van der Waals surface area contributed by atoms with Crippen molar-refractivity contribution in [3.63, 3.8) is 0 Å². The molecule has 0 fully saturated rings. The molecule has 0 bridgehead atoms. The Morgan fingerprint density at radius 1 is 1.60 bits per heavy atom. The SMILES string of the molecule is CN(c1nccc(CN=N)n1)S(C)(=O)=O. The standard InChI is InChI=1S/C7H11N5O2S/c1-12(15(2,13)14)7-9-4-3-6(11-7)5-10-8/h3-4,8H,5H2,1-2H3. The van der Waals surface area contributed by atoms with Crippen LogP contribution in [0.15, 0.2) is 17.4 Å². The lowest BCUT2D eigenvalue weighted by molar-refractivity contribution is 0.599. The number of sulfonamides is 1. The molecule has 7 nitrogen and oxygen atoms in total. The van der Waals surface area contributed by atoms with E-state index in [4.69, 9.17) is 5.53 Å². The predicted octanol–water partition coefficient (Wildman–Crippen LogP) is 0.403. The molecule has 0 atom stereocenters. The molecular formula is C7H11N5O2S. The third-order valence-corrected chi connectivity index (χ3v) is 2.88. The lowest BCUT2D eigenvalue weighted by Gasteiger charge is -2.13. The van der Waals surface area contributed by atoms with E-state index in [0.717, 1.165) is 10.6 Å². The molecule has 0 radical (unpaired) electrons. The maximum atomic E-state index is 11.2. The van der Waals surface area contributed by atoms with Gasteiger partial charge in [-0.2, -0.15) is 5.11 Å². The van der Waals surface area contributed by atoms with E-state index in [9.17, 15) is 8.42 Å². The Morgan fingerprint density at radius 2 is 2.27 bits per heavy atom. The normalized spacial score (nSPS) is 11.1. The highest BCUT2D eigenvalue weighted by atomic mass is 32.2. The maximum absolute atomic E-state index is 11.2. The number of hydrogen-bond acceptors (Lipinski definition) is 6. The molecule has 82 valence electrons. The van der Waals surface area contributed by atoms with E-state index in [2.05, 4.69) is 15.1 Å². The average molecular weight is 229 g/mol. The Labute approximate surface area is 87.7 Å². The van der Waals surface area contributed by atoms with E-state index in [1.165, 1.54) is 13.2 Å². The molecule has 0 saturated carbocycles. The van der Waals surface area contributed by atoms with Crippen LogP contribution in [0.1, 0.15) is 5.69 Å². The van der Waals surface area contributed by atoms with Crippen LogP contribution >= 0.6 is 0 Å². The van der Waals surface area contributed by atoms with Crippen LogP contribution in [0.25, 0.3) is 0 Å². The zero-order chi connectivity index (χ0) is 11.5. The van der Waals surface area contributed by atoms with E-state index in [1.54, 1.807) is 6.07 Å². The number of rotatable bonds is 4. The Bertz CT molecular complexity index is 458. The first-order chi connectivity index (χ1) is 6.95. The minimum absolute atomic E-state index is 0.0821. The van der Waals surface area contributed by atoms with Gasteiger partial charge < -0.3 is 0 Å². The summed E-state index contributed by atoms with van der Waals surface area (Å²) in [5.41, 5.74) is 7.18. The van der Waals surface area contributed by atoms with Gasteiger partial charge in [0.2, 0.25) is 16.0 Å².